The molecule has 2 N–H and O–H groups in total. The molecule has 3 nitrogen and oxygen atoms in total. The molecule has 106 valence electrons. The maximum atomic E-state index is 13.6. The van der Waals surface area contributed by atoms with Crippen molar-refractivity contribution in [3.63, 3.8) is 0 Å². The van der Waals surface area contributed by atoms with Gasteiger partial charge < -0.3 is 5.73 Å². The molecule has 0 aliphatic carbocycles. The predicted octanol–water partition coefficient (Wildman–Crippen LogP) is 2.97. The van der Waals surface area contributed by atoms with Crippen molar-refractivity contribution in [1.29, 1.82) is 0 Å². The zero-order valence-corrected chi connectivity index (χ0v) is 12.3. The van der Waals surface area contributed by atoms with Gasteiger partial charge in [-0.05, 0) is 30.3 Å². The Hall–Kier alpha value is -1.53. The minimum absolute atomic E-state index is 0.118. The monoisotopic (exact) mass is 311 g/mol. The Morgan fingerprint density at radius 2 is 1.80 bits per heavy atom. The molecule has 0 atom stereocenters. The summed E-state index contributed by atoms with van der Waals surface area (Å²) in [5.41, 5.74) is 5.62. The first kappa shape index (κ1) is 14.9. The third-order valence-corrected chi connectivity index (χ3v) is 5.67. The van der Waals surface area contributed by atoms with Crippen molar-refractivity contribution in [3.8, 4) is 0 Å². The van der Waals surface area contributed by atoms with Crippen LogP contribution >= 0.6 is 11.8 Å². The third kappa shape index (κ3) is 3.74. The van der Waals surface area contributed by atoms with Crippen molar-refractivity contribution < 1.29 is 12.8 Å². The van der Waals surface area contributed by atoms with E-state index in [1.54, 1.807) is 0 Å². The lowest BCUT2D eigenvalue weighted by molar-refractivity contribution is 0.568. The van der Waals surface area contributed by atoms with Gasteiger partial charge in [0.25, 0.3) is 0 Å². The van der Waals surface area contributed by atoms with Crippen LogP contribution in [0.15, 0.2) is 58.3 Å². The molecule has 0 spiro atoms. The van der Waals surface area contributed by atoms with E-state index in [2.05, 4.69) is 0 Å². The molecule has 0 saturated carbocycles. The molecule has 0 aromatic heterocycles. The first-order valence-electron chi connectivity index (χ1n) is 5.95. The predicted molar refractivity (Wildman–Crippen MR) is 80.0 cm³/mol. The number of nitrogens with two attached hydrogens (primary N) is 1. The van der Waals surface area contributed by atoms with Crippen molar-refractivity contribution in [2.45, 2.75) is 9.79 Å². The van der Waals surface area contributed by atoms with Crippen LogP contribution in [0.1, 0.15) is 0 Å². The van der Waals surface area contributed by atoms with Gasteiger partial charge in [0.1, 0.15) is 10.7 Å². The van der Waals surface area contributed by atoms with Crippen LogP contribution in [0.2, 0.25) is 0 Å². The number of hydrogen-bond acceptors (Lipinski definition) is 4. The van der Waals surface area contributed by atoms with Gasteiger partial charge in [0, 0.05) is 16.3 Å². The molecule has 0 heterocycles. The Bertz CT molecular complexity index is 688. The maximum absolute atomic E-state index is 13.6. The topological polar surface area (TPSA) is 60.2 Å². The van der Waals surface area contributed by atoms with Crippen LogP contribution < -0.4 is 5.73 Å². The average molecular weight is 311 g/mol. The van der Waals surface area contributed by atoms with E-state index in [9.17, 15) is 12.8 Å². The molecule has 2 aromatic carbocycles. The highest BCUT2D eigenvalue weighted by Gasteiger charge is 2.19. The van der Waals surface area contributed by atoms with E-state index in [0.29, 0.717) is 5.75 Å². The highest BCUT2D eigenvalue weighted by molar-refractivity contribution is 8.00. The number of hydrogen-bond donors (Lipinski definition) is 1. The molecule has 2 rings (SSSR count). The quantitative estimate of drug-likeness (QED) is 0.681. The Morgan fingerprint density at radius 1 is 1.10 bits per heavy atom. The lowest BCUT2D eigenvalue weighted by Crippen LogP contribution is -2.11. The van der Waals surface area contributed by atoms with E-state index in [1.165, 1.54) is 23.9 Å². The summed E-state index contributed by atoms with van der Waals surface area (Å²) in [4.78, 5) is 0.695. The molecular formula is C14H14FNO2S2. The molecule has 0 radical (unpaired) electrons. The molecule has 0 aliphatic rings. The molecule has 0 amide bonds. The van der Waals surface area contributed by atoms with E-state index in [0.717, 1.165) is 11.0 Å². The van der Waals surface area contributed by atoms with Crippen molar-refractivity contribution >= 4 is 27.3 Å². The van der Waals surface area contributed by atoms with E-state index >= 15 is 0 Å². The second kappa shape index (κ2) is 6.28. The number of anilines is 1. The molecule has 0 unspecified atom stereocenters. The van der Waals surface area contributed by atoms with Crippen LogP contribution in [0, 0.1) is 5.82 Å². The van der Waals surface area contributed by atoms with Crippen molar-refractivity contribution in [3.05, 3.63) is 54.3 Å². The summed E-state index contributed by atoms with van der Waals surface area (Å²) < 4.78 is 37.8. The minimum Gasteiger partial charge on any atom is -0.399 e. The molecular weight excluding hydrogens is 297 g/mol. The van der Waals surface area contributed by atoms with Crippen LogP contribution in [-0.4, -0.2) is 19.9 Å². The Balaban J connectivity index is 2.04. The van der Waals surface area contributed by atoms with Gasteiger partial charge >= 0.3 is 0 Å². The number of thioether (sulfide) groups is 1. The van der Waals surface area contributed by atoms with Crippen molar-refractivity contribution in [2.24, 2.45) is 0 Å². The molecule has 0 aliphatic heterocycles. The molecule has 0 fully saturated rings. The molecule has 20 heavy (non-hydrogen) atoms. The van der Waals surface area contributed by atoms with Gasteiger partial charge in [-0.25, -0.2) is 12.8 Å². The number of nitrogen functional groups attached to an aromatic ring is 1. The van der Waals surface area contributed by atoms with E-state index in [-0.39, 0.29) is 16.3 Å². The van der Waals surface area contributed by atoms with E-state index in [1.807, 2.05) is 30.3 Å². The summed E-state index contributed by atoms with van der Waals surface area (Å²) >= 11 is 1.42. The molecule has 0 saturated heterocycles. The standard InChI is InChI=1S/C14H14FNO2S2/c15-13-10-11(16)6-7-14(13)20(17,18)9-8-19-12-4-2-1-3-5-12/h1-7,10H,8-9,16H2. The zero-order valence-electron chi connectivity index (χ0n) is 10.6. The van der Waals surface area contributed by atoms with Gasteiger partial charge in [0.15, 0.2) is 9.84 Å². The minimum atomic E-state index is -3.63. The Morgan fingerprint density at radius 3 is 2.45 bits per heavy atom. The number of benzene rings is 2. The van der Waals surface area contributed by atoms with Gasteiger partial charge in [-0.2, -0.15) is 0 Å². The SMILES string of the molecule is Nc1ccc(S(=O)(=O)CCSc2ccccc2)c(F)c1. The maximum Gasteiger partial charge on any atom is 0.182 e. The summed E-state index contributed by atoms with van der Waals surface area (Å²) in [6, 6.07) is 13.1. The first-order chi connectivity index (χ1) is 9.49. The van der Waals surface area contributed by atoms with Crippen LogP contribution in [0.3, 0.4) is 0 Å². The zero-order chi connectivity index (χ0) is 14.6. The van der Waals surface area contributed by atoms with E-state index < -0.39 is 15.7 Å². The summed E-state index contributed by atoms with van der Waals surface area (Å²) in [5.74, 6) is -0.543. The number of sulfone groups is 1. The smallest absolute Gasteiger partial charge is 0.182 e. The fourth-order valence-corrected chi connectivity index (χ4v) is 4.31. The molecule has 6 heteroatoms. The van der Waals surface area contributed by atoms with Crippen LogP contribution in [0.4, 0.5) is 10.1 Å². The average Bonchev–Trinajstić information content (AvgIpc) is 2.39. The summed E-state index contributed by atoms with van der Waals surface area (Å²) in [5, 5.41) is 0. The molecule has 2 aromatic rings. The number of rotatable bonds is 5. The second-order valence-electron chi connectivity index (χ2n) is 4.17. The van der Waals surface area contributed by atoms with Gasteiger partial charge in [-0.1, -0.05) is 18.2 Å². The Labute approximate surface area is 121 Å². The lowest BCUT2D eigenvalue weighted by atomic mass is 10.3. The number of halogens is 1. The summed E-state index contributed by atoms with van der Waals surface area (Å²) in [7, 11) is -3.63. The van der Waals surface area contributed by atoms with Crippen LogP contribution in [-0.2, 0) is 9.84 Å². The fourth-order valence-electron chi connectivity index (χ4n) is 1.67. The highest BCUT2D eigenvalue weighted by atomic mass is 32.2. The van der Waals surface area contributed by atoms with Crippen LogP contribution in [0.25, 0.3) is 0 Å². The summed E-state index contributed by atoms with van der Waals surface area (Å²) in [6.07, 6.45) is 0. The first-order valence-corrected chi connectivity index (χ1v) is 8.58. The highest BCUT2D eigenvalue weighted by Crippen LogP contribution is 2.22. The largest absolute Gasteiger partial charge is 0.399 e. The Kier molecular flexibility index (Phi) is 4.67. The van der Waals surface area contributed by atoms with Crippen molar-refractivity contribution in [2.75, 3.05) is 17.2 Å². The van der Waals surface area contributed by atoms with Gasteiger partial charge in [-0.3, -0.25) is 0 Å². The van der Waals surface area contributed by atoms with Crippen molar-refractivity contribution in [1.82, 2.24) is 0 Å². The van der Waals surface area contributed by atoms with Gasteiger partial charge in [-0.15, -0.1) is 11.8 Å². The second-order valence-corrected chi connectivity index (χ2v) is 7.42. The van der Waals surface area contributed by atoms with Gasteiger partial charge in [0.2, 0.25) is 0 Å². The third-order valence-electron chi connectivity index (χ3n) is 2.65. The molecule has 0 bridgehead atoms. The fraction of sp³-hybridized carbons (Fsp3) is 0.143. The lowest BCUT2D eigenvalue weighted by Gasteiger charge is -2.06. The van der Waals surface area contributed by atoms with Crippen LogP contribution in [0.5, 0.6) is 0 Å². The summed E-state index contributed by atoms with van der Waals surface area (Å²) in [6.45, 7) is 0. The van der Waals surface area contributed by atoms with E-state index in [4.69, 9.17) is 5.73 Å². The normalized spacial score (nSPS) is 11.4. The van der Waals surface area contributed by atoms with Gasteiger partial charge in [0.05, 0.1) is 5.75 Å².